The zero-order chi connectivity index (χ0) is 13.3. The van der Waals surface area contributed by atoms with Gasteiger partial charge >= 0.3 is 6.18 Å². The second kappa shape index (κ2) is 4.62. The summed E-state index contributed by atoms with van der Waals surface area (Å²) in [4.78, 5) is 0. The molecule has 0 amide bonds. The number of aliphatic hydroxyl groups is 1. The van der Waals surface area contributed by atoms with Crippen molar-refractivity contribution >= 4 is 0 Å². The van der Waals surface area contributed by atoms with E-state index in [-0.39, 0.29) is 12.0 Å². The van der Waals surface area contributed by atoms with Crippen molar-refractivity contribution in [3.05, 3.63) is 35.1 Å². The average Bonchev–Trinajstić information content (AvgIpc) is 2.14. The van der Waals surface area contributed by atoms with E-state index in [1.165, 1.54) is 6.92 Å². The summed E-state index contributed by atoms with van der Waals surface area (Å²) in [7, 11) is 0. The van der Waals surface area contributed by atoms with Crippen molar-refractivity contribution in [1.29, 1.82) is 0 Å². The van der Waals surface area contributed by atoms with Crippen LogP contribution in [-0.4, -0.2) is 17.3 Å². The second-order valence-electron chi connectivity index (χ2n) is 4.33. The number of alkyl halides is 3. The van der Waals surface area contributed by atoms with Gasteiger partial charge in [0, 0.05) is 5.54 Å². The minimum absolute atomic E-state index is 0.0374. The van der Waals surface area contributed by atoms with E-state index in [2.05, 4.69) is 0 Å². The summed E-state index contributed by atoms with van der Waals surface area (Å²) < 4.78 is 50.3. The van der Waals surface area contributed by atoms with Crippen LogP contribution < -0.4 is 5.73 Å². The van der Waals surface area contributed by atoms with Crippen molar-refractivity contribution in [2.75, 3.05) is 6.61 Å². The van der Waals surface area contributed by atoms with E-state index in [0.29, 0.717) is 6.07 Å². The molecule has 0 aromatic heterocycles. The predicted molar refractivity (Wildman–Crippen MR) is 54.8 cm³/mol. The molecule has 0 heterocycles. The lowest BCUT2D eigenvalue weighted by atomic mass is 9.94. The summed E-state index contributed by atoms with van der Waals surface area (Å²) in [6.45, 7) is 1.08. The third-order valence-corrected chi connectivity index (χ3v) is 2.25. The summed E-state index contributed by atoms with van der Waals surface area (Å²) in [5, 5.41) is 8.91. The second-order valence-corrected chi connectivity index (χ2v) is 4.33. The summed E-state index contributed by atoms with van der Waals surface area (Å²) in [6.07, 6.45) is -4.63. The van der Waals surface area contributed by atoms with Gasteiger partial charge in [-0.2, -0.15) is 13.2 Å². The van der Waals surface area contributed by atoms with Crippen molar-refractivity contribution in [2.24, 2.45) is 5.73 Å². The SMILES string of the molecule is CC(N)(CO)Cc1cc(F)cc(C(F)(F)F)c1. The minimum atomic E-state index is -4.60. The molecule has 1 unspecified atom stereocenters. The van der Waals surface area contributed by atoms with Gasteiger partial charge in [0.25, 0.3) is 0 Å². The number of aliphatic hydroxyl groups excluding tert-OH is 1. The van der Waals surface area contributed by atoms with E-state index in [9.17, 15) is 17.6 Å². The van der Waals surface area contributed by atoms with Crippen LogP contribution in [0.2, 0.25) is 0 Å². The molecule has 2 nitrogen and oxygen atoms in total. The lowest BCUT2D eigenvalue weighted by molar-refractivity contribution is -0.137. The molecule has 0 spiro atoms. The monoisotopic (exact) mass is 251 g/mol. The van der Waals surface area contributed by atoms with Gasteiger partial charge in [-0.05, 0) is 37.1 Å². The van der Waals surface area contributed by atoms with Crippen molar-refractivity contribution in [3.63, 3.8) is 0 Å². The summed E-state index contributed by atoms with van der Waals surface area (Å²) in [5.74, 6) is -0.969. The maximum absolute atomic E-state index is 13.0. The molecule has 1 aromatic rings. The quantitative estimate of drug-likeness (QED) is 0.808. The lowest BCUT2D eigenvalue weighted by Crippen LogP contribution is -2.42. The van der Waals surface area contributed by atoms with E-state index < -0.39 is 29.7 Å². The molecule has 0 radical (unpaired) electrons. The summed E-state index contributed by atoms with van der Waals surface area (Å²) in [6, 6.07) is 2.25. The fourth-order valence-electron chi connectivity index (χ4n) is 1.44. The number of hydrogen-bond donors (Lipinski definition) is 2. The van der Waals surface area contributed by atoms with E-state index >= 15 is 0 Å². The third-order valence-electron chi connectivity index (χ3n) is 2.25. The van der Waals surface area contributed by atoms with Gasteiger partial charge in [-0.15, -0.1) is 0 Å². The van der Waals surface area contributed by atoms with Gasteiger partial charge in [-0.3, -0.25) is 0 Å². The Kier molecular flexibility index (Phi) is 3.78. The lowest BCUT2D eigenvalue weighted by Gasteiger charge is -2.22. The number of benzene rings is 1. The van der Waals surface area contributed by atoms with Crippen molar-refractivity contribution in [2.45, 2.75) is 25.1 Å². The first kappa shape index (κ1) is 13.9. The van der Waals surface area contributed by atoms with Crippen LogP contribution in [0.15, 0.2) is 18.2 Å². The number of halogens is 4. The Bertz CT molecular complexity index is 401. The molecule has 1 rings (SSSR count). The van der Waals surface area contributed by atoms with Gasteiger partial charge in [-0.25, -0.2) is 4.39 Å². The van der Waals surface area contributed by atoms with Crippen LogP contribution in [0.3, 0.4) is 0 Å². The first-order chi connectivity index (χ1) is 7.64. The Hall–Kier alpha value is -1.14. The summed E-state index contributed by atoms with van der Waals surface area (Å²) >= 11 is 0. The first-order valence-electron chi connectivity index (χ1n) is 4.90. The Balaban J connectivity index is 3.06. The molecule has 0 aliphatic rings. The highest BCUT2D eigenvalue weighted by Crippen LogP contribution is 2.31. The highest BCUT2D eigenvalue weighted by Gasteiger charge is 2.31. The Morgan fingerprint density at radius 2 is 1.82 bits per heavy atom. The van der Waals surface area contributed by atoms with Gasteiger partial charge in [0.05, 0.1) is 12.2 Å². The van der Waals surface area contributed by atoms with Gasteiger partial charge in [0.1, 0.15) is 5.82 Å². The summed E-state index contributed by atoms with van der Waals surface area (Å²) in [5.41, 5.74) is 3.58. The molecule has 17 heavy (non-hydrogen) atoms. The van der Waals surface area contributed by atoms with Crippen molar-refractivity contribution in [3.8, 4) is 0 Å². The molecule has 1 aromatic carbocycles. The van der Waals surface area contributed by atoms with Crippen LogP contribution in [0.1, 0.15) is 18.1 Å². The largest absolute Gasteiger partial charge is 0.416 e. The smallest absolute Gasteiger partial charge is 0.394 e. The number of nitrogens with two attached hydrogens (primary N) is 1. The van der Waals surface area contributed by atoms with Crippen LogP contribution in [0.25, 0.3) is 0 Å². The highest BCUT2D eigenvalue weighted by molar-refractivity contribution is 5.28. The maximum atomic E-state index is 13.0. The molecule has 0 fully saturated rings. The van der Waals surface area contributed by atoms with E-state index in [1.807, 2.05) is 0 Å². The molecule has 0 saturated carbocycles. The van der Waals surface area contributed by atoms with Crippen LogP contribution in [0.4, 0.5) is 17.6 Å². The van der Waals surface area contributed by atoms with E-state index in [1.54, 1.807) is 0 Å². The zero-order valence-corrected chi connectivity index (χ0v) is 9.18. The maximum Gasteiger partial charge on any atom is 0.416 e. The topological polar surface area (TPSA) is 46.2 Å². The van der Waals surface area contributed by atoms with Crippen molar-refractivity contribution in [1.82, 2.24) is 0 Å². The van der Waals surface area contributed by atoms with Crippen LogP contribution in [0, 0.1) is 5.82 Å². The van der Waals surface area contributed by atoms with Gasteiger partial charge in [-0.1, -0.05) is 0 Å². The fraction of sp³-hybridized carbons (Fsp3) is 0.455. The fourth-order valence-corrected chi connectivity index (χ4v) is 1.44. The standard InChI is InChI=1S/C11H13F4NO/c1-10(16,6-17)5-7-2-8(11(13,14)15)4-9(12)3-7/h2-4,17H,5-6,16H2,1H3. The van der Waals surface area contributed by atoms with E-state index in [4.69, 9.17) is 10.8 Å². The molecule has 3 N–H and O–H groups in total. The average molecular weight is 251 g/mol. The third kappa shape index (κ3) is 3.98. The minimum Gasteiger partial charge on any atom is -0.394 e. The van der Waals surface area contributed by atoms with Crippen LogP contribution in [-0.2, 0) is 12.6 Å². The molecule has 1 atom stereocenters. The Morgan fingerprint density at radius 3 is 2.29 bits per heavy atom. The van der Waals surface area contributed by atoms with Crippen LogP contribution in [0.5, 0.6) is 0 Å². The zero-order valence-electron chi connectivity index (χ0n) is 9.18. The van der Waals surface area contributed by atoms with Gasteiger partial charge in [0.15, 0.2) is 0 Å². The predicted octanol–water partition coefficient (Wildman–Crippen LogP) is 2.10. The van der Waals surface area contributed by atoms with Gasteiger partial charge in [0.2, 0.25) is 0 Å². The van der Waals surface area contributed by atoms with Crippen molar-refractivity contribution < 1.29 is 22.7 Å². The van der Waals surface area contributed by atoms with E-state index in [0.717, 1.165) is 12.1 Å². The highest BCUT2D eigenvalue weighted by atomic mass is 19.4. The molecule has 96 valence electrons. The normalized spacial score (nSPS) is 15.7. The molecule has 0 bridgehead atoms. The molecular weight excluding hydrogens is 238 g/mol. The molecule has 0 saturated heterocycles. The molecule has 0 aliphatic heterocycles. The molecule has 0 aliphatic carbocycles. The number of hydrogen-bond acceptors (Lipinski definition) is 2. The number of rotatable bonds is 3. The molecule has 6 heteroatoms. The molecular formula is C11H13F4NO. The van der Waals surface area contributed by atoms with Crippen LogP contribution >= 0.6 is 0 Å². The Morgan fingerprint density at radius 1 is 1.24 bits per heavy atom. The van der Waals surface area contributed by atoms with Gasteiger partial charge < -0.3 is 10.8 Å². The first-order valence-corrected chi connectivity index (χ1v) is 4.90. The Labute approximate surface area is 96.1 Å².